The van der Waals surface area contributed by atoms with Crippen LogP contribution in [0.15, 0.2) is 59.5 Å². The van der Waals surface area contributed by atoms with Crippen molar-refractivity contribution in [3.63, 3.8) is 0 Å². The van der Waals surface area contributed by atoms with Crippen molar-refractivity contribution in [2.45, 2.75) is 44.2 Å². The highest BCUT2D eigenvalue weighted by Gasteiger charge is 2.23. The molecule has 1 fully saturated rings. The first-order valence-electron chi connectivity index (χ1n) is 10.6. The maximum Gasteiger partial charge on any atom is 0.240 e. The summed E-state index contributed by atoms with van der Waals surface area (Å²) in [5.41, 5.74) is 2.31. The molecule has 0 bridgehead atoms. The predicted molar refractivity (Wildman–Crippen MR) is 118 cm³/mol. The molecule has 0 saturated carbocycles. The van der Waals surface area contributed by atoms with Gasteiger partial charge in [0.1, 0.15) is 6.54 Å². The van der Waals surface area contributed by atoms with E-state index in [1.54, 1.807) is 38.1 Å². The minimum absolute atomic E-state index is 0.151. The molecule has 6 nitrogen and oxygen atoms in total. The Bertz CT molecular complexity index is 920. The molecule has 0 atom stereocenters. The van der Waals surface area contributed by atoms with E-state index in [1.807, 2.05) is 11.0 Å². The van der Waals surface area contributed by atoms with Gasteiger partial charge in [0.2, 0.25) is 15.9 Å². The highest BCUT2D eigenvalue weighted by molar-refractivity contribution is 7.89. The van der Waals surface area contributed by atoms with Crippen LogP contribution in [-0.4, -0.2) is 51.4 Å². The molecular formula is C23H32N3O3S+. The smallest absolute Gasteiger partial charge is 0.240 e. The molecule has 0 unspecified atom stereocenters. The van der Waals surface area contributed by atoms with Crippen LogP contribution in [0.5, 0.6) is 0 Å². The third kappa shape index (κ3) is 6.39. The number of carbonyl (C=O) groups excluding carboxylic acids is 1. The molecule has 0 radical (unpaired) electrons. The summed E-state index contributed by atoms with van der Waals surface area (Å²) in [5, 5.41) is 0. The van der Waals surface area contributed by atoms with Crippen LogP contribution in [-0.2, 0) is 27.8 Å². The number of hydrogen-bond acceptors (Lipinski definition) is 3. The zero-order chi connectivity index (χ0) is 21.6. The molecule has 7 heteroatoms. The second kappa shape index (κ2) is 10.2. The number of carbonyl (C=O) groups is 1. The third-order valence-electron chi connectivity index (χ3n) is 5.37. The van der Waals surface area contributed by atoms with Crippen LogP contribution >= 0.6 is 0 Å². The fourth-order valence-electron chi connectivity index (χ4n) is 3.76. The van der Waals surface area contributed by atoms with Gasteiger partial charge in [0.25, 0.3) is 0 Å². The summed E-state index contributed by atoms with van der Waals surface area (Å²) in [6.45, 7) is 8.11. The summed E-state index contributed by atoms with van der Waals surface area (Å²) in [6, 6.07) is 17.1. The van der Waals surface area contributed by atoms with Crippen molar-refractivity contribution in [3.8, 4) is 0 Å². The number of benzene rings is 2. The number of quaternary nitrogens is 1. The highest BCUT2D eigenvalue weighted by atomic mass is 32.2. The molecule has 30 heavy (non-hydrogen) atoms. The summed E-state index contributed by atoms with van der Waals surface area (Å²) in [5.74, 6) is 0.173. The Labute approximate surface area is 179 Å². The molecule has 1 amide bonds. The van der Waals surface area contributed by atoms with E-state index in [2.05, 4.69) is 29.0 Å². The average molecular weight is 431 g/mol. The molecule has 0 spiro atoms. The quantitative estimate of drug-likeness (QED) is 0.662. The normalized spacial score (nSPS) is 15.5. The zero-order valence-corrected chi connectivity index (χ0v) is 18.6. The summed E-state index contributed by atoms with van der Waals surface area (Å²) in [4.78, 5) is 16.3. The van der Waals surface area contributed by atoms with Crippen molar-refractivity contribution in [3.05, 3.63) is 65.7 Å². The molecule has 2 N–H and O–H groups in total. The Balaban J connectivity index is 1.45. The number of rotatable bonds is 8. The number of nitrogens with one attached hydrogen (secondary N) is 2. The van der Waals surface area contributed by atoms with Crippen LogP contribution in [0.1, 0.15) is 31.4 Å². The summed E-state index contributed by atoms with van der Waals surface area (Å²) in [7, 11) is -3.48. The Hall–Kier alpha value is -2.22. The van der Waals surface area contributed by atoms with E-state index in [0.29, 0.717) is 12.8 Å². The van der Waals surface area contributed by atoms with Crippen LogP contribution in [0.3, 0.4) is 0 Å². The van der Waals surface area contributed by atoms with E-state index in [4.69, 9.17) is 0 Å². The number of aryl methyl sites for hydroxylation is 1. The largest absolute Gasteiger partial charge is 0.331 e. The number of amides is 1. The standard InChI is InChI=1S/C23H31N3O3S/c1-19(2)24-30(28,29)22-11-8-20(9-12-22)10-13-23(27)26-16-14-25(15-17-26)18-21-6-4-3-5-7-21/h3-9,11-12,19,24H,10,13-18H2,1-2H3/p+1. The van der Waals surface area contributed by atoms with Gasteiger partial charge in [0.05, 0.1) is 31.1 Å². The Morgan fingerprint density at radius 3 is 2.23 bits per heavy atom. The van der Waals surface area contributed by atoms with Gasteiger partial charge in [-0.3, -0.25) is 4.79 Å². The first kappa shape index (κ1) is 22.5. The van der Waals surface area contributed by atoms with Gasteiger partial charge in [-0.15, -0.1) is 0 Å². The molecule has 0 aromatic heterocycles. The van der Waals surface area contributed by atoms with Crippen LogP contribution in [0, 0.1) is 0 Å². The first-order valence-corrected chi connectivity index (χ1v) is 12.1. The molecule has 2 aromatic carbocycles. The van der Waals surface area contributed by atoms with Crippen LogP contribution < -0.4 is 9.62 Å². The molecule has 162 valence electrons. The lowest BCUT2D eigenvalue weighted by Crippen LogP contribution is -3.13. The predicted octanol–water partition coefficient (Wildman–Crippen LogP) is 1.23. The second-order valence-electron chi connectivity index (χ2n) is 8.21. The van der Waals surface area contributed by atoms with Crippen LogP contribution in [0.4, 0.5) is 0 Å². The number of piperazine rings is 1. The van der Waals surface area contributed by atoms with Gasteiger partial charge in [0, 0.05) is 18.0 Å². The van der Waals surface area contributed by atoms with E-state index >= 15 is 0 Å². The van der Waals surface area contributed by atoms with Crippen molar-refractivity contribution < 1.29 is 18.1 Å². The van der Waals surface area contributed by atoms with Crippen LogP contribution in [0.25, 0.3) is 0 Å². The molecule has 3 rings (SSSR count). The average Bonchev–Trinajstić information content (AvgIpc) is 2.73. The molecule has 1 saturated heterocycles. The topological polar surface area (TPSA) is 70.9 Å². The zero-order valence-electron chi connectivity index (χ0n) is 17.8. The monoisotopic (exact) mass is 430 g/mol. The van der Waals surface area contributed by atoms with Gasteiger partial charge in [0.15, 0.2) is 0 Å². The van der Waals surface area contributed by atoms with Gasteiger partial charge < -0.3 is 9.80 Å². The molecular weight excluding hydrogens is 398 g/mol. The Morgan fingerprint density at radius 2 is 1.63 bits per heavy atom. The molecule has 1 heterocycles. The van der Waals surface area contributed by atoms with Crippen LogP contribution in [0.2, 0.25) is 0 Å². The van der Waals surface area contributed by atoms with E-state index in [1.165, 1.54) is 10.5 Å². The molecule has 0 aliphatic carbocycles. The molecule has 1 aliphatic rings. The maximum absolute atomic E-state index is 12.6. The first-order chi connectivity index (χ1) is 14.3. The van der Waals surface area contributed by atoms with E-state index in [0.717, 1.165) is 38.3 Å². The number of hydrogen-bond donors (Lipinski definition) is 2. The van der Waals surface area contributed by atoms with Gasteiger partial charge >= 0.3 is 0 Å². The minimum Gasteiger partial charge on any atom is -0.331 e. The fourth-order valence-corrected chi connectivity index (χ4v) is 5.01. The molecule has 1 aliphatic heterocycles. The van der Waals surface area contributed by atoms with Gasteiger partial charge in [-0.1, -0.05) is 42.5 Å². The summed E-state index contributed by atoms with van der Waals surface area (Å²) >= 11 is 0. The number of nitrogens with zero attached hydrogens (tertiary/aromatic N) is 1. The van der Waals surface area contributed by atoms with E-state index in [-0.39, 0.29) is 16.8 Å². The van der Waals surface area contributed by atoms with Crippen molar-refractivity contribution in [2.75, 3.05) is 26.2 Å². The Morgan fingerprint density at radius 1 is 1.00 bits per heavy atom. The van der Waals surface area contributed by atoms with Crippen molar-refractivity contribution in [1.29, 1.82) is 0 Å². The summed E-state index contributed by atoms with van der Waals surface area (Å²) < 4.78 is 27.0. The van der Waals surface area contributed by atoms with Gasteiger partial charge in [-0.2, -0.15) is 0 Å². The number of sulfonamides is 1. The lowest BCUT2D eigenvalue weighted by molar-refractivity contribution is -0.917. The van der Waals surface area contributed by atoms with Gasteiger partial charge in [-0.25, -0.2) is 13.1 Å². The van der Waals surface area contributed by atoms with Gasteiger partial charge in [-0.05, 0) is 38.0 Å². The summed E-state index contributed by atoms with van der Waals surface area (Å²) in [6.07, 6.45) is 1.07. The molecule has 2 aromatic rings. The minimum atomic E-state index is -3.48. The second-order valence-corrected chi connectivity index (χ2v) is 9.93. The third-order valence-corrected chi connectivity index (χ3v) is 7.05. The maximum atomic E-state index is 12.6. The van der Waals surface area contributed by atoms with Crippen molar-refractivity contribution >= 4 is 15.9 Å². The lowest BCUT2D eigenvalue weighted by Gasteiger charge is -2.32. The van der Waals surface area contributed by atoms with E-state index in [9.17, 15) is 13.2 Å². The SMILES string of the molecule is CC(C)NS(=O)(=O)c1ccc(CCC(=O)N2CC[NH+](Cc3ccccc3)CC2)cc1. The lowest BCUT2D eigenvalue weighted by atomic mass is 10.1. The van der Waals surface area contributed by atoms with Crippen molar-refractivity contribution in [1.82, 2.24) is 9.62 Å². The van der Waals surface area contributed by atoms with Crippen molar-refractivity contribution in [2.24, 2.45) is 0 Å². The fraction of sp³-hybridized carbons (Fsp3) is 0.435. The highest BCUT2D eigenvalue weighted by Crippen LogP contribution is 2.13. The van der Waals surface area contributed by atoms with E-state index < -0.39 is 10.0 Å². The Kier molecular flexibility index (Phi) is 7.64.